The topological polar surface area (TPSA) is 41.1 Å². The van der Waals surface area contributed by atoms with Gasteiger partial charge < -0.3 is 10.6 Å². The summed E-state index contributed by atoms with van der Waals surface area (Å²) in [5.41, 5.74) is 2.10. The first-order valence-electron chi connectivity index (χ1n) is 6.55. The van der Waals surface area contributed by atoms with Crippen molar-refractivity contribution in [2.75, 3.05) is 11.9 Å². The molecule has 0 atom stereocenters. The van der Waals surface area contributed by atoms with Gasteiger partial charge in [-0.15, -0.1) is 0 Å². The molecule has 0 radical (unpaired) electrons. The number of anilines is 1. The lowest BCUT2D eigenvalue weighted by Crippen LogP contribution is -2.14. The minimum Gasteiger partial charge on any atom is -0.322 e. The van der Waals surface area contributed by atoms with Crippen LogP contribution in [0.1, 0.15) is 22.8 Å². The quantitative estimate of drug-likeness (QED) is 0.877. The number of hydrogen-bond acceptors (Lipinski definition) is 2. The van der Waals surface area contributed by atoms with Crippen LogP contribution in [0.3, 0.4) is 0 Å². The van der Waals surface area contributed by atoms with Crippen LogP contribution >= 0.6 is 0 Å². The van der Waals surface area contributed by atoms with Gasteiger partial charge in [0.2, 0.25) is 0 Å². The molecule has 0 fully saturated rings. The van der Waals surface area contributed by atoms with Crippen molar-refractivity contribution in [1.29, 1.82) is 0 Å². The number of hydrogen-bond donors (Lipinski definition) is 2. The third-order valence-corrected chi connectivity index (χ3v) is 2.85. The Balaban J connectivity index is 2.07. The second kappa shape index (κ2) is 6.82. The molecule has 2 aromatic carbocycles. The maximum absolute atomic E-state index is 13.1. The summed E-state index contributed by atoms with van der Waals surface area (Å²) >= 11 is 0. The largest absolute Gasteiger partial charge is 0.322 e. The molecule has 20 heavy (non-hydrogen) atoms. The molecule has 104 valence electrons. The van der Waals surface area contributed by atoms with Crippen molar-refractivity contribution in [3.63, 3.8) is 0 Å². The predicted molar refractivity (Wildman–Crippen MR) is 78.2 cm³/mol. The van der Waals surface area contributed by atoms with Crippen LogP contribution in [0.15, 0.2) is 48.5 Å². The fourth-order valence-corrected chi connectivity index (χ4v) is 1.86. The van der Waals surface area contributed by atoms with Gasteiger partial charge in [0.15, 0.2) is 0 Å². The van der Waals surface area contributed by atoms with Gasteiger partial charge in [-0.25, -0.2) is 4.39 Å². The van der Waals surface area contributed by atoms with Gasteiger partial charge in [0, 0.05) is 17.8 Å². The minimum atomic E-state index is -0.418. The summed E-state index contributed by atoms with van der Waals surface area (Å²) in [6.45, 7) is 3.68. The molecule has 0 aliphatic carbocycles. The first-order chi connectivity index (χ1) is 9.69. The van der Waals surface area contributed by atoms with Crippen LogP contribution in [-0.2, 0) is 6.54 Å². The number of benzene rings is 2. The lowest BCUT2D eigenvalue weighted by Gasteiger charge is -2.08. The number of rotatable bonds is 5. The van der Waals surface area contributed by atoms with Gasteiger partial charge >= 0.3 is 0 Å². The molecule has 2 N–H and O–H groups in total. The van der Waals surface area contributed by atoms with Crippen molar-refractivity contribution in [3.05, 3.63) is 65.5 Å². The van der Waals surface area contributed by atoms with Crippen LogP contribution in [0, 0.1) is 5.82 Å². The molecular formula is C16H17FN2O. The van der Waals surface area contributed by atoms with E-state index in [1.165, 1.54) is 18.2 Å². The monoisotopic (exact) mass is 272 g/mol. The summed E-state index contributed by atoms with van der Waals surface area (Å²) in [5, 5.41) is 5.99. The van der Waals surface area contributed by atoms with E-state index < -0.39 is 5.82 Å². The first-order valence-corrected chi connectivity index (χ1v) is 6.55. The SMILES string of the molecule is CCNCc1cccc(NC(=O)c2cccc(F)c2)c1. The van der Waals surface area contributed by atoms with Crippen molar-refractivity contribution in [3.8, 4) is 0 Å². The molecule has 0 heterocycles. The zero-order valence-electron chi connectivity index (χ0n) is 11.3. The lowest BCUT2D eigenvalue weighted by atomic mass is 10.1. The number of carbonyl (C=O) groups excluding carboxylic acids is 1. The summed E-state index contributed by atoms with van der Waals surface area (Å²) in [5.74, 6) is -0.733. The fourth-order valence-electron chi connectivity index (χ4n) is 1.86. The Kier molecular flexibility index (Phi) is 4.85. The molecular weight excluding hydrogens is 255 g/mol. The van der Waals surface area contributed by atoms with E-state index in [9.17, 15) is 9.18 Å². The van der Waals surface area contributed by atoms with E-state index in [1.807, 2.05) is 31.2 Å². The summed E-state index contributed by atoms with van der Waals surface area (Å²) in [4.78, 5) is 12.0. The van der Waals surface area contributed by atoms with Crippen LogP contribution in [0.25, 0.3) is 0 Å². The summed E-state index contributed by atoms with van der Waals surface area (Å²) < 4.78 is 13.1. The number of nitrogens with one attached hydrogen (secondary N) is 2. The predicted octanol–water partition coefficient (Wildman–Crippen LogP) is 3.19. The Hall–Kier alpha value is -2.20. The van der Waals surface area contributed by atoms with Gasteiger partial charge in [0.1, 0.15) is 5.82 Å². The second-order valence-electron chi connectivity index (χ2n) is 4.45. The molecule has 3 nitrogen and oxygen atoms in total. The molecule has 0 bridgehead atoms. The molecule has 0 aromatic heterocycles. The average Bonchev–Trinajstić information content (AvgIpc) is 2.45. The van der Waals surface area contributed by atoms with Crippen LogP contribution in [-0.4, -0.2) is 12.5 Å². The fraction of sp³-hybridized carbons (Fsp3) is 0.188. The zero-order valence-corrected chi connectivity index (χ0v) is 11.3. The zero-order chi connectivity index (χ0) is 14.4. The van der Waals surface area contributed by atoms with Gasteiger partial charge in [-0.2, -0.15) is 0 Å². The minimum absolute atomic E-state index is 0.307. The van der Waals surface area contributed by atoms with E-state index in [2.05, 4.69) is 10.6 Å². The standard InChI is InChI=1S/C16H17FN2O/c1-2-18-11-12-5-3-8-15(9-12)19-16(20)13-6-4-7-14(17)10-13/h3-10,18H,2,11H2,1H3,(H,19,20). The van der Waals surface area contributed by atoms with Crippen LogP contribution in [0.2, 0.25) is 0 Å². The Morgan fingerprint density at radius 3 is 2.70 bits per heavy atom. The van der Waals surface area contributed by atoms with Gasteiger partial charge in [-0.05, 0) is 42.4 Å². The Morgan fingerprint density at radius 1 is 1.15 bits per heavy atom. The Morgan fingerprint density at radius 2 is 1.95 bits per heavy atom. The van der Waals surface area contributed by atoms with Gasteiger partial charge in [0.05, 0.1) is 0 Å². The number of halogens is 1. The molecule has 1 amide bonds. The van der Waals surface area contributed by atoms with E-state index in [0.717, 1.165) is 18.7 Å². The molecule has 2 rings (SSSR count). The van der Waals surface area contributed by atoms with Crippen LogP contribution in [0.5, 0.6) is 0 Å². The number of carbonyl (C=O) groups is 1. The normalized spacial score (nSPS) is 10.3. The van der Waals surface area contributed by atoms with Crippen LogP contribution < -0.4 is 10.6 Å². The van der Waals surface area contributed by atoms with Crippen LogP contribution in [0.4, 0.5) is 10.1 Å². The Labute approximate surface area is 117 Å². The van der Waals surface area contributed by atoms with Gasteiger partial charge in [-0.3, -0.25) is 4.79 Å². The van der Waals surface area contributed by atoms with E-state index >= 15 is 0 Å². The summed E-state index contributed by atoms with van der Waals surface area (Å²) in [6, 6.07) is 13.2. The second-order valence-corrected chi connectivity index (χ2v) is 4.45. The highest BCUT2D eigenvalue weighted by atomic mass is 19.1. The number of amides is 1. The average molecular weight is 272 g/mol. The molecule has 0 spiro atoms. The van der Waals surface area contributed by atoms with Crippen molar-refractivity contribution >= 4 is 11.6 Å². The van der Waals surface area contributed by atoms with E-state index in [1.54, 1.807) is 6.07 Å². The molecule has 0 unspecified atom stereocenters. The highest BCUT2D eigenvalue weighted by molar-refractivity contribution is 6.04. The smallest absolute Gasteiger partial charge is 0.255 e. The highest BCUT2D eigenvalue weighted by Crippen LogP contribution is 2.13. The van der Waals surface area contributed by atoms with Crippen molar-refractivity contribution in [2.24, 2.45) is 0 Å². The molecule has 4 heteroatoms. The lowest BCUT2D eigenvalue weighted by molar-refractivity contribution is 0.102. The van der Waals surface area contributed by atoms with E-state index in [0.29, 0.717) is 11.3 Å². The molecule has 0 aliphatic rings. The van der Waals surface area contributed by atoms with E-state index in [4.69, 9.17) is 0 Å². The Bertz CT molecular complexity index is 599. The maximum Gasteiger partial charge on any atom is 0.255 e. The van der Waals surface area contributed by atoms with Gasteiger partial charge in [-0.1, -0.05) is 25.1 Å². The molecule has 2 aromatic rings. The molecule has 0 aliphatic heterocycles. The first kappa shape index (κ1) is 14.2. The summed E-state index contributed by atoms with van der Waals surface area (Å²) in [6.07, 6.45) is 0. The third-order valence-electron chi connectivity index (χ3n) is 2.85. The third kappa shape index (κ3) is 3.90. The van der Waals surface area contributed by atoms with Crippen molar-refractivity contribution < 1.29 is 9.18 Å². The van der Waals surface area contributed by atoms with E-state index in [-0.39, 0.29) is 5.91 Å². The highest BCUT2D eigenvalue weighted by Gasteiger charge is 2.07. The summed E-state index contributed by atoms with van der Waals surface area (Å²) in [7, 11) is 0. The maximum atomic E-state index is 13.1. The molecule has 0 saturated heterocycles. The van der Waals surface area contributed by atoms with Gasteiger partial charge in [0.25, 0.3) is 5.91 Å². The van der Waals surface area contributed by atoms with Crippen molar-refractivity contribution in [2.45, 2.75) is 13.5 Å². The molecule has 0 saturated carbocycles. The van der Waals surface area contributed by atoms with Crippen molar-refractivity contribution in [1.82, 2.24) is 5.32 Å².